The average molecular weight is 442 g/mol. The first-order valence-corrected chi connectivity index (χ1v) is 11.3. The predicted molar refractivity (Wildman–Crippen MR) is 131 cm³/mol. The van der Waals surface area contributed by atoms with Gasteiger partial charge in [0.2, 0.25) is 5.95 Å². The Labute approximate surface area is 196 Å². The van der Waals surface area contributed by atoms with Gasteiger partial charge in [-0.1, -0.05) is 18.2 Å². The molecular weight excluding hydrogens is 410 g/mol. The molecule has 0 aliphatic carbocycles. The molecule has 0 radical (unpaired) electrons. The molecule has 0 spiro atoms. The van der Waals surface area contributed by atoms with E-state index in [2.05, 4.69) is 49.4 Å². The van der Waals surface area contributed by atoms with Crippen molar-refractivity contribution in [2.24, 2.45) is 0 Å². The van der Waals surface area contributed by atoms with Crippen molar-refractivity contribution in [2.45, 2.75) is 64.3 Å². The first kappa shape index (κ1) is 22.8. The Hall–Kier alpha value is -3.43. The Morgan fingerprint density at radius 3 is 2.42 bits per heavy atom. The third kappa shape index (κ3) is 5.88. The van der Waals surface area contributed by atoms with Crippen LogP contribution in [0.3, 0.4) is 0 Å². The smallest absolute Gasteiger partial charge is 0.223 e. The molecule has 33 heavy (non-hydrogen) atoms. The molecule has 0 bridgehead atoms. The Morgan fingerprint density at radius 2 is 1.73 bits per heavy atom. The lowest BCUT2D eigenvalue weighted by Crippen LogP contribution is -2.60. The van der Waals surface area contributed by atoms with Gasteiger partial charge >= 0.3 is 0 Å². The number of nitrogens with one attached hydrogen (secondary N) is 2. The molecular formula is C27H31N5O. The number of nitrogens with zero attached hydrogens (tertiary/aromatic N) is 3. The maximum absolute atomic E-state index is 9.23. The summed E-state index contributed by atoms with van der Waals surface area (Å²) in [6.45, 7) is 9.31. The summed E-state index contributed by atoms with van der Waals surface area (Å²) in [6, 6.07) is 19.7. The topological polar surface area (TPSA) is 82.9 Å². The molecule has 6 heteroatoms. The monoisotopic (exact) mass is 441 g/mol. The molecule has 170 valence electrons. The highest BCUT2D eigenvalue weighted by Crippen LogP contribution is 2.30. The Kier molecular flexibility index (Phi) is 6.35. The van der Waals surface area contributed by atoms with E-state index in [1.54, 1.807) is 12.3 Å². The second-order valence-electron chi connectivity index (χ2n) is 9.99. The number of piperidine rings is 1. The SMILES string of the molecule is CC1(C)CC(Nc2nccc(-c3ccc(OCc4ccccc4C#N)cc3)n2)CC(C)(C)N1. The quantitative estimate of drug-likeness (QED) is 0.539. The zero-order valence-electron chi connectivity index (χ0n) is 19.7. The lowest BCUT2D eigenvalue weighted by atomic mass is 9.80. The van der Waals surface area contributed by atoms with Gasteiger partial charge in [0.15, 0.2) is 0 Å². The second-order valence-corrected chi connectivity index (χ2v) is 9.99. The maximum atomic E-state index is 9.23. The van der Waals surface area contributed by atoms with E-state index in [0.29, 0.717) is 24.2 Å². The van der Waals surface area contributed by atoms with Gasteiger partial charge < -0.3 is 15.4 Å². The molecule has 4 rings (SSSR count). The van der Waals surface area contributed by atoms with E-state index in [1.165, 1.54) is 0 Å². The summed E-state index contributed by atoms with van der Waals surface area (Å²) < 4.78 is 5.89. The number of hydrogen-bond acceptors (Lipinski definition) is 6. The molecule has 3 aromatic rings. The largest absolute Gasteiger partial charge is 0.489 e. The average Bonchev–Trinajstić information content (AvgIpc) is 2.76. The molecule has 0 unspecified atom stereocenters. The van der Waals surface area contributed by atoms with Crippen molar-refractivity contribution >= 4 is 5.95 Å². The lowest BCUT2D eigenvalue weighted by Gasteiger charge is -2.46. The van der Waals surface area contributed by atoms with Gasteiger partial charge in [0.05, 0.1) is 17.3 Å². The third-order valence-electron chi connectivity index (χ3n) is 5.86. The highest BCUT2D eigenvalue weighted by molar-refractivity contribution is 5.61. The van der Waals surface area contributed by atoms with Crippen molar-refractivity contribution in [3.05, 3.63) is 71.9 Å². The molecule has 2 aromatic carbocycles. The van der Waals surface area contributed by atoms with E-state index < -0.39 is 0 Å². The zero-order chi connectivity index (χ0) is 23.5. The highest BCUT2D eigenvalue weighted by Gasteiger charge is 2.37. The standard InChI is InChI=1S/C27H31N5O/c1-26(2)15-22(16-27(3,4)32-26)30-25-29-14-13-24(31-25)19-9-11-23(12-10-19)33-18-21-8-6-5-7-20(21)17-28/h5-14,22,32H,15-16,18H2,1-4H3,(H,29,30,31). The first-order chi connectivity index (χ1) is 15.7. The molecule has 1 aliphatic rings. The van der Waals surface area contributed by atoms with Crippen LogP contribution in [0.4, 0.5) is 5.95 Å². The number of ether oxygens (including phenoxy) is 1. The number of aromatic nitrogens is 2. The molecule has 1 saturated heterocycles. The van der Waals surface area contributed by atoms with Crippen LogP contribution >= 0.6 is 0 Å². The number of hydrogen-bond donors (Lipinski definition) is 2. The Balaban J connectivity index is 1.43. The summed E-state index contributed by atoms with van der Waals surface area (Å²) in [5, 5.41) is 16.5. The summed E-state index contributed by atoms with van der Waals surface area (Å²) in [7, 11) is 0. The van der Waals surface area contributed by atoms with Crippen LogP contribution in [0, 0.1) is 11.3 Å². The summed E-state index contributed by atoms with van der Waals surface area (Å²) in [4.78, 5) is 9.22. The molecule has 6 nitrogen and oxygen atoms in total. The fourth-order valence-corrected chi connectivity index (χ4v) is 4.83. The first-order valence-electron chi connectivity index (χ1n) is 11.3. The minimum atomic E-state index is 0.0562. The highest BCUT2D eigenvalue weighted by atomic mass is 16.5. The van der Waals surface area contributed by atoms with Gasteiger partial charge in [0.25, 0.3) is 0 Å². The van der Waals surface area contributed by atoms with Crippen molar-refractivity contribution in [3.63, 3.8) is 0 Å². The molecule has 1 fully saturated rings. The van der Waals surface area contributed by atoms with Gasteiger partial charge in [0.1, 0.15) is 12.4 Å². The van der Waals surface area contributed by atoms with Crippen molar-refractivity contribution in [3.8, 4) is 23.1 Å². The van der Waals surface area contributed by atoms with Gasteiger partial charge in [-0.15, -0.1) is 0 Å². The minimum Gasteiger partial charge on any atom is -0.489 e. The van der Waals surface area contributed by atoms with E-state index >= 15 is 0 Å². The van der Waals surface area contributed by atoms with Crippen molar-refractivity contribution in [1.29, 1.82) is 5.26 Å². The van der Waals surface area contributed by atoms with Gasteiger partial charge in [-0.3, -0.25) is 0 Å². The summed E-state index contributed by atoms with van der Waals surface area (Å²) in [6.07, 6.45) is 3.81. The summed E-state index contributed by atoms with van der Waals surface area (Å²) >= 11 is 0. The minimum absolute atomic E-state index is 0.0562. The van der Waals surface area contributed by atoms with Crippen LogP contribution < -0.4 is 15.4 Å². The van der Waals surface area contributed by atoms with Crippen molar-refractivity contribution < 1.29 is 4.74 Å². The zero-order valence-corrected chi connectivity index (χ0v) is 19.7. The molecule has 2 N–H and O–H groups in total. The van der Waals surface area contributed by atoms with Crippen LogP contribution in [0.15, 0.2) is 60.8 Å². The van der Waals surface area contributed by atoms with Crippen LogP contribution in [0.25, 0.3) is 11.3 Å². The van der Waals surface area contributed by atoms with Crippen LogP contribution in [0.2, 0.25) is 0 Å². The van der Waals surface area contributed by atoms with Crippen LogP contribution in [-0.2, 0) is 6.61 Å². The predicted octanol–water partition coefficient (Wildman–Crippen LogP) is 5.32. The van der Waals surface area contributed by atoms with E-state index in [0.717, 1.165) is 35.4 Å². The van der Waals surface area contributed by atoms with Gasteiger partial charge in [-0.2, -0.15) is 5.26 Å². The van der Waals surface area contributed by atoms with E-state index in [-0.39, 0.29) is 11.1 Å². The Morgan fingerprint density at radius 1 is 1.03 bits per heavy atom. The summed E-state index contributed by atoms with van der Waals surface area (Å²) in [5.74, 6) is 1.40. The molecule has 2 heterocycles. The normalized spacial score (nSPS) is 17.2. The third-order valence-corrected chi connectivity index (χ3v) is 5.86. The van der Waals surface area contributed by atoms with Crippen molar-refractivity contribution in [1.82, 2.24) is 15.3 Å². The fraction of sp³-hybridized carbons (Fsp3) is 0.370. The van der Waals surface area contributed by atoms with E-state index in [1.807, 2.05) is 48.5 Å². The van der Waals surface area contributed by atoms with Crippen LogP contribution in [0.5, 0.6) is 5.75 Å². The molecule has 0 amide bonds. The summed E-state index contributed by atoms with van der Waals surface area (Å²) in [5.41, 5.74) is 3.48. The molecule has 1 aromatic heterocycles. The van der Waals surface area contributed by atoms with Gasteiger partial charge in [-0.25, -0.2) is 9.97 Å². The number of rotatable bonds is 6. The van der Waals surface area contributed by atoms with E-state index in [9.17, 15) is 5.26 Å². The van der Waals surface area contributed by atoms with Crippen molar-refractivity contribution in [2.75, 3.05) is 5.32 Å². The lowest BCUT2D eigenvalue weighted by molar-refractivity contribution is 0.170. The number of anilines is 1. The molecule has 1 aliphatic heterocycles. The van der Waals surface area contributed by atoms with Gasteiger partial charge in [-0.05, 0) is 76.9 Å². The number of nitriles is 1. The number of benzene rings is 2. The van der Waals surface area contributed by atoms with E-state index in [4.69, 9.17) is 9.72 Å². The maximum Gasteiger partial charge on any atom is 0.223 e. The van der Waals surface area contributed by atoms with Crippen LogP contribution in [0.1, 0.15) is 51.7 Å². The molecule has 0 saturated carbocycles. The second kappa shape index (κ2) is 9.21. The Bertz CT molecular complexity index is 1130. The molecule has 0 atom stereocenters. The van der Waals surface area contributed by atoms with Gasteiger partial charge in [0, 0.05) is 34.4 Å². The fourth-order valence-electron chi connectivity index (χ4n) is 4.83. The van der Waals surface area contributed by atoms with Crippen LogP contribution in [-0.4, -0.2) is 27.1 Å².